The van der Waals surface area contributed by atoms with E-state index in [1.54, 1.807) is 0 Å². The third kappa shape index (κ3) is 5.07. The molecule has 2 N–H and O–H groups in total. The van der Waals surface area contributed by atoms with Gasteiger partial charge in [0, 0.05) is 18.2 Å². The van der Waals surface area contributed by atoms with E-state index in [-0.39, 0.29) is 12.6 Å². The second-order valence-corrected chi connectivity index (χ2v) is 4.48. The molecule has 3 nitrogen and oxygen atoms in total. The molecule has 1 atom stereocenters. The van der Waals surface area contributed by atoms with Gasteiger partial charge in [-0.25, -0.2) is 0 Å². The normalized spacial score (nSPS) is 12.4. The molecule has 18 heavy (non-hydrogen) atoms. The fraction of sp³-hybridized carbons (Fsp3) is 0.600. The lowest BCUT2D eigenvalue weighted by atomic mass is 10.1. The monoisotopic (exact) mass is 251 g/mol. The number of nitrogens with one attached hydrogen (secondary N) is 1. The molecule has 0 fully saturated rings. The van der Waals surface area contributed by atoms with Crippen molar-refractivity contribution >= 4 is 0 Å². The lowest BCUT2D eigenvalue weighted by molar-refractivity contribution is 0.237. The minimum absolute atomic E-state index is 0.161. The molecule has 0 aliphatic heterocycles. The van der Waals surface area contributed by atoms with Crippen molar-refractivity contribution < 1.29 is 9.84 Å². The van der Waals surface area contributed by atoms with Crippen LogP contribution < -0.4 is 10.1 Å². The molecular weight excluding hydrogens is 226 g/mol. The average molecular weight is 251 g/mol. The van der Waals surface area contributed by atoms with Crippen LogP contribution in [0.2, 0.25) is 0 Å². The highest BCUT2D eigenvalue weighted by Crippen LogP contribution is 2.18. The molecule has 1 rings (SSSR count). The molecule has 0 saturated carbocycles. The van der Waals surface area contributed by atoms with Crippen LogP contribution in [0.4, 0.5) is 0 Å². The molecule has 0 aliphatic carbocycles. The van der Waals surface area contributed by atoms with Crippen LogP contribution in [0.15, 0.2) is 24.3 Å². The molecule has 0 amide bonds. The van der Waals surface area contributed by atoms with Crippen molar-refractivity contribution in [3.63, 3.8) is 0 Å². The van der Waals surface area contributed by atoms with Crippen LogP contribution in [0.5, 0.6) is 5.75 Å². The topological polar surface area (TPSA) is 41.5 Å². The van der Waals surface area contributed by atoms with Crippen LogP contribution in [0.3, 0.4) is 0 Å². The van der Waals surface area contributed by atoms with E-state index in [1.165, 1.54) is 0 Å². The van der Waals surface area contributed by atoms with Crippen molar-refractivity contribution in [1.82, 2.24) is 5.32 Å². The van der Waals surface area contributed by atoms with Crippen molar-refractivity contribution in [2.45, 2.75) is 45.7 Å². The van der Waals surface area contributed by atoms with E-state index in [0.717, 1.165) is 43.7 Å². The van der Waals surface area contributed by atoms with E-state index < -0.39 is 0 Å². The number of para-hydroxylation sites is 1. The predicted molar refractivity (Wildman–Crippen MR) is 74.8 cm³/mol. The van der Waals surface area contributed by atoms with Crippen LogP contribution in [-0.4, -0.2) is 24.4 Å². The van der Waals surface area contributed by atoms with Crippen LogP contribution in [0, 0.1) is 0 Å². The van der Waals surface area contributed by atoms with Gasteiger partial charge in [0.15, 0.2) is 0 Å². The Morgan fingerprint density at radius 1 is 1.28 bits per heavy atom. The van der Waals surface area contributed by atoms with E-state index in [9.17, 15) is 0 Å². The first-order chi connectivity index (χ1) is 8.81. The molecule has 102 valence electrons. The summed E-state index contributed by atoms with van der Waals surface area (Å²) in [6.45, 7) is 5.91. The molecule has 1 aromatic carbocycles. The van der Waals surface area contributed by atoms with E-state index in [0.29, 0.717) is 0 Å². The fourth-order valence-electron chi connectivity index (χ4n) is 1.71. The van der Waals surface area contributed by atoms with Gasteiger partial charge >= 0.3 is 0 Å². The Balaban J connectivity index is 2.52. The van der Waals surface area contributed by atoms with Gasteiger partial charge in [-0.2, -0.15) is 0 Å². The van der Waals surface area contributed by atoms with E-state index in [1.807, 2.05) is 18.2 Å². The van der Waals surface area contributed by atoms with Gasteiger partial charge in [-0.1, -0.05) is 38.5 Å². The lowest BCUT2D eigenvalue weighted by Crippen LogP contribution is -2.31. The summed E-state index contributed by atoms with van der Waals surface area (Å²) in [6.07, 6.45) is 3.15. The molecule has 0 aliphatic rings. The van der Waals surface area contributed by atoms with Crippen molar-refractivity contribution in [2.75, 3.05) is 13.2 Å². The van der Waals surface area contributed by atoms with Crippen molar-refractivity contribution in [2.24, 2.45) is 0 Å². The van der Waals surface area contributed by atoms with Crippen LogP contribution in [0.25, 0.3) is 0 Å². The van der Waals surface area contributed by atoms with Crippen molar-refractivity contribution in [3.8, 4) is 5.75 Å². The first-order valence-corrected chi connectivity index (χ1v) is 6.86. The minimum atomic E-state index is 0.161. The van der Waals surface area contributed by atoms with E-state index in [2.05, 4.69) is 25.2 Å². The second-order valence-electron chi connectivity index (χ2n) is 4.48. The van der Waals surface area contributed by atoms with Gasteiger partial charge in [-0.05, 0) is 18.9 Å². The SMILES string of the molecule is CCCCOc1ccccc1CNC(CC)CO. The summed E-state index contributed by atoms with van der Waals surface area (Å²) in [7, 11) is 0. The number of aliphatic hydroxyl groups excluding tert-OH is 1. The molecule has 1 aromatic rings. The highest BCUT2D eigenvalue weighted by molar-refractivity contribution is 5.33. The Bertz CT molecular complexity index is 324. The fourth-order valence-corrected chi connectivity index (χ4v) is 1.71. The highest BCUT2D eigenvalue weighted by atomic mass is 16.5. The summed E-state index contributed by atoms with van der Waals surface area (Å²) in [5.74, 6) is 0.950. The van der Waals surface area contributed by atoms with Gasteiger partial charge in [0.1, 0.15) is 5.75 Å². The first-order valence-electron chi connectivity index (χ1n) is 6.86. The summed E-state index contributed by atoms with van der Waals surface area (Å²) in [5, 5.41) is 12.5. The van der Waals surface area contributed by atoms with E-state index in [4.69, 9.17) is 9.84 Å². The Kier molecular flexibility index (Phi) is 7.46. The minimum Gasteiger partial charge on any atom is -0.493 e. The second kappa shape index (κ2) is 8.95. The number of hydrogen-bond donors (Lipinski definition) is 2. The molecule has 0 saturated heterocycles. The summed E-state index contributed by atoms with van der Waals surface area (Å²) in [6, 6.07) is 8.25. The van der Waals surface area contributed by atoms with Gasteiger partial charge in [0.05, 0.1) is 13.2 Å². The van der Waals surface area contributed by atoms with Crippen LogP contribution in [0.1, 0.15) is 38.7 Å². The third-order valence-electron chi connectivity index (χ3n) is 3.02. The van der Waals surface area contributed by atoms with Crippen molar-refractivity contribution in [1.29, 1.82) is 0 Å². The van der Waals surface area contributed by atoms with Gasteiger partial charge in [0.2, 0.25) is 0 Å². The summed E-state index contributed by atoms with van der Waals surface area (Å²) in [5.41, 5.74) is 1.15. The molecular formula is C15H25NO2. The Hall–Kier alpha value is -1.06. The average Bonchev–Trinajstić information content (AvgIpc) is 2.41. The Morgan fingerprint density at radius 3 is 2.72 bits per heavy atom. The zero-order chi connectivity index (χ0) is 13.2. The Labute approximate surface area is 110 Å². The largest absolute Gasteiger partial charge is 0.493 e. The predicted octanol–water partition coefficient (Wildman–Crippen LogP) is 2.73. The van der Waals surface area contributed by atoms with Gasteiger partial charge in [-0.3, -0.25) is 0 Å². The molecule has 0 bridgehead atoms. The van der Waals surface area contributed by atoms with Gasteiger partial charge in [0.25, 0.3) is 0 Å². The maximum absolute atomic E-state index is 9.15. The standard InChI is InChI=1S/C15H25NO2/c1-3-5-10-18-15-9-7-6-8-13(15)11-16-14(4-2)12-17/h6-9,14,16-17H,3-5,10-12H2,1-2H3. The molecule has 0 heterocycles. The molecule has 1 unspecified atom stereocenters. The molecule has 3 heteroatoms. The molecule has 0 aromatic heterocycles. The quantitative estimate of drug-likeness (QED) is 0.663. The van der Waals surface area contributed by atoms with Gasteiger partial charge in [-0.15, -0.1) is 0 Å². The zero-order valence-electron chi connectivity index (χ0n) is 11.5. The molecule has 0 spiro atoms. The third-order valence-corrected chi connectivity index (χ3v) is 3.02. The first kappa shape index (κ1) is 15.0. The number of rotatable bonds is 9. The number of ether oxygens (including phenoxy) is 1. The summed E-state index contributed by atoms with van der Waals surface area (Å²) in [4.78, 5) is 0. The van der Waals surface area contributed by atoms with Crippen LogP contribution >= 0.6 is 0 Å². The number of benzene rings is 1. The maximum atomic E-state index is 9.15. The summed E-state index contributed by atoms with van der Waals surface area (Å²) >= 11 is 0. The number of unbranched alkanes of at least 4 members (excludes halogenated alkanes) is 1. The Morgan fingerprint density at radius 2 is 2.06 bits per heavy atom. The van der Waals surface area contributed by atoms with Gasteiger partial charge < -0.3 is 15.2 Å². The highest BCUT2D eigenvalue weighted by Gasteiger charge is 2.06. The zero-order valence-corrected chi connectivity index (χ0v) is 11.5. The van der Waals surface area contributed by atoms with Crippen LogP contribution in [-0.2, 0) is 6.54 Å². The number of aliphatic hydroxyl groups is 1. The molecule has 0 radical (unpaired) electrons. The lowest BCUT2D eigenvalue weighted by Gasteiger charge is -2.16. The maximum Gasteiger partial charge on any atom is 0.123 e. The van der Waals surface area contributed by atoms with E-state index >= 15 is 0 Å². The smallest absolute Gasteiger partial charge is 0.123 e. The van der Waals surface area contributed by atoms with Crippen molar-refractivity contribution in [3.05, 3.63) is 29.8 Å². The summed E-state index contributed by atoms with van der Waals surface area (Å²) < 4.78 is 5.77. The number of hydrogen-bond acceptors (Lipinski definition) is 3.